The molecule has 0 unspecified atom stereocenters. The van der Waals surface area contributed by atoms with E-state index in [0.29, 0.717) is 0 Å². The summed E-state index contributed by atoms with van der Waals surface area (Å²) < 4.78 is 1.08. The maximum Gasteiger partial charge on any atom is 0.0683 e. The Labute approximate surface area is 106 Å². The Morgan fingerprint density at radius 1 is 1.25 bits per heavy atom. The summed E-state index contributed by atoms with van der Waals surface area (Å²) in [6.45, 7) is 6.24. The minimum Gasteiger partial charge on any atom is -0.317 e. The van der Waals surface area contributed by atoms with Gasteiger partial charge in [-0.15, -0.1) is 0 Å². The molecule has 1 heterocycles. The fraction of sp³-hybridized carbons (Fsp3) is 0.583. The number of pyridine rings is 1. The van der Waals surface area contributed by atoms with Crippen molar-refractivity contribution in [1.82, 2.24) is 15.6 Å². The largest absolute Gasteiger partial charge is 0.317 e. The van der Waals surface area contributed by atoms with Crippen LogP contribution >= 0.6 is 15.9 Å². The molecule has 90 valence electrons. The van der Waals surface area contributed by atoms with Crippen LogP contribution in [-0.2, 0) is 6.54 Å². The van der Waals surface area contributed by atoms with Crippen LogP contribution in [0.5, 0.6) is 0 Å². The zero-order valence-corrected chi connectivity index (χ0v) is 11.4. The molecule has 0 aliphatic rings. The van der Waals surface area contributed by atoms with Gasteiger partial charge < -0.3 is 10.6 Å². The first kappa shape index (κ1) is 13.6. The van der Waals surface area contributed by atoms with Crippen molar-refractivity contribution in [3.05, 3.63) is 28.5 Å². The van der Waals surface area contributed by atoms with Gasteiger partial charge in [-0.05, 0) is 60.5 Å². The zero-order chi connectivity index (χ0) is 11.6. The molecule has 1 rings (SSSR count). The topological polar surface area (TPSA) is 37.0 Å². The summed E-state index contributed by atoms with van der Waals surface area (Å²) in [7, 11) is 0. The van der Waals surface area contributed by atoms with Gasteiger partial charge >= 0.3 is 0 Å². The van der Waals surface area contributed by atoms with Crippen LogP contribution in [0.25, 0.3) is 0 Å². The van der Waals surface area contributed by atoms with Crippen LogP contribution in [0.2, 0.25) is 0 Å². The fourth-order valence-electron chi connectivity index (χ4n) is 1.40. The van der Waals surface area contributed by atoms with E-state index in [0.717, 1.165) is 42.8 Å². The molecule has 0 bridgehead atoms. The molecular weight excluding hydrogens is 266 g/mol. The van der Waals surface area contributed by atoms with E-state index in [9.17, 15) is 0 Å². The van der Waals surface area contributed by atoms with Gasteiger partial charge in [0.05, 0.1) is 5.69 Å². The number of halogens is 1. The third-order valence-electron chi connectivity index (χ3n) is 2.26. The number of aromatic nitrogens is 1. The molecule has 16 heavy (non-hydrogen) atoms. The second kappa shape index (κ2) is 8.67. The van der Waals surface area contributed by atoms with Crippen molar-refractivity contribution in [1.29, 1.82) is 0 Å². The smallest absolute Gasteiger partial charge is 0.0683 e. The number of nitrogens with zero attached hydrogens (tertiary/aromatic N) is 1. The first-order chi connectivity index (χ1) is 7.84. The summed E-state index contributed by atoms with van der Waals surface area (Å²) in [5.41, 5.74) is 1.07. The molecule has 0 saturated heterocycles. The highest BCUT2D eigenvalue weighted by molar-refractivity contribution is 9.10. The molecule has 0 fully saturated rings. The molecule has 0 aliphatic carbocycles. The minimum absolute atomic E-state index is 0.829. The standard InChI is InChI=1S/C12H20BrN3/c1-2-6-14-7-4-8-15-10-12-11(13)5-3-9-16-12/h3,5,9,14-15H,2,4,6-8,10H2,1H3. The van der Waals surface area contributed by atoms with Crippen LogP contribution < -0.4 is 10.6 Å². The van der Waals surface area contributed by atoms with Crippen molar-refractivity contribution in [3.8, 4) is 0 Å². The molecular formula is C12H20BrN3. The Bertz CT molecular complexity index is 291. The Morgan fingerprint density at radius 3 is 2.81 bits per heavy atom. The van der Waals surface area contributed by atoms with E-state index in [-0.39, 0.29) is 0 Å². The van der Waals surface area contributed by atoms with Crippen molar-refractivity contribution in [2.45, 2.75) is 26.3 Å². The molecule has 0 aliphatic heterocycles. The summed E-state index contributed by atoms with van der Waals surface area (Å²) in [6, 6.07) is 3.95. The molecule has 2 N–H and O–H groups in total. The summed E-state index contributed by atoms with van der Waals surface area (Å²) in [5.74, 6) is 0. The average Bonchev–Trinajstić information content (AvgIpc) is 2.30. The Morgan fingerprint density at radius 2 is 2.06 bits per heavy atom. The van der Waals surface area contributed by atoms with E-state index in [1.807, 2.05) is 18.3 Å². The minimum atomic E-state index is 0.829. The lowest BCUT2D eigenvalue weighted by molar-refractivity contribution is 0.588. The lowest BCUT2D eigenvalue weighted by Crippen LogP contribution is -2.22. The number of hydrogen-bond donors (Lipinski definition) is 2. The van der Waals surface area contributed by atoms with Gasteiger partial charge in [0.1, 0.15) is 0 Å². The zero-order valence-electron chi connectivity index (χ0n) is 9.80. The maximum atomic E-state index is 4.30. The molecule has 0 spiro atoms. The first-order valence-corrected chi connectivity index (χ1v) is 6.64. The SMILES string of the molecule is CCCNCCCNCc1ncccc1Br. The summed E-state index contributed by atoms with van der Waals surface area (Å²) >= 11 is 3.48. The second-order valence-corrected chi connectivity index (χ2v) is 4.57. The van der Waals surface area contributed by atoms with Crippen LogP contribution in [-0.4, -0.2) is 24.6 Å². The van der Waals surface area contributed by atoms with E-state index < -0.39 is 0 Å². The summed E-state index contributed by atoms with van der Waals surface area (Å²) in [6.07, 6.45) is 4.18. The van der Waals surface area contributed by atoms with E-state index in [1.165, 1.54) is 6.42 Å². The average molecular weight is 286 g/mol. The van der Waals surface area contributed by atoms with Gasteiger partial charge in [0.2, 0.25) is 0 Å². The van der Waals surface area contributed by atoms with Gasteiger partial charge in [-0.3, -0.25) is 4.98 Å². The van der Waals surface area contributed by atoms with E-state index in [2.05, 4.69) is 38.5 Å². The lowest BCUT2D eigenvalue weighted by Gasteiger charge is -2.06. The second-order valence-electron chi connectivity index (χ2n) is 3.71. The third-order valence-corrected chi connectivity index (χ3v) is 2.98. The fourth-order valence-corrected chi connectivity index (χ4v) is 1.79. The van der Waals surface area contributed by atoms with Crippen molar-refractivity contribution in [2.75, 3.05) is 19.6 Å². The van der Waals surface area contributed by atoms with E-state index >= 15 is 0 Å². The van der Waals surface area contributed by atoms with Gasteiger partial charge in [0.15, 0.2) is 0 Å². The van der Waals surface area contributed by atoms with Gasteiger partial charge in [0.25, 0.3) is 0 Å². The maximum absolute atomic E-state index is 4.30. The predicted molar refractivity (Wildman–Crippen MR) is 71.4 cm³/mol. The molecule has 0 amide bonds. The molecule has 0 atom stereocenters. The van der Waals surface area contributed by atoms with E-state index in [4.69, 9.17) is 0 Å². The Balaban J connectivity index is 2.05. The van der Waals surface area contributed by atoms with Gasteiger partial charge in [-0.25, -0.2) is 0 Å². The van der Waals surface area contributed by atoms with Crippen molar-refractivity contribution >= 4 is 15.9 Å². The molecule has 0 radical (unpaired) electrons. The molecule has 3 nitrogen and oxygen atoms in total. The number of nitrogens with one attached hydrogen (secondary N) is 2. The monoisotopic (exact) mass is 285 g/mol. The van der Waals surface area contributed by atoms with Crippen LogP contribution in [0.1, 0.15) is 25.5 Å². The van der Waals surface area contributed by atoms with Crippen LogP contribution in [0.3, 0.4) is 0 Å². The highest BCUT2D eigenvalue weighted by atomic mass is 79.9. The molecule has 4 heteroatoms. The number of rotatable bonds is 8. The van der Waals surface area contributed by atoms with Crippen LogP contribution in [0, 0.1) is 0 Å². The lowest BCUT2D eigenvalue weighted by atomic mass is 10.3. The van der Waals surface area contributed by atoms with Gasteiger partial charge in [-0.2, -0.15) is 0 Å². The summed E-state index contributed by atoms with van der Waals surface area (Å²) in [5, 5.41) is 6.77. The van der Waals surface area contributed by atoms with Crippen LogP contribution in [0.15, 0.2) is 22.8 Å². The Hall–Kier alpha value is -0.450. The van der Waals surface area contributed by atoms with Crippen molar-refractivity contribution in [2.24, 2.45) is 0 Å². The highest BCUT2D eigenvalue weighted by Gasteiger charge is 1.98. The molecule has 0 aromatic carbocycles. The van der Waals surface area contributed by atoms with Crippen molar-refractivity contribution < 1.29 is 0 Å². The third kappa shape index (κ3) is 5.58. The normalized spacial score (nSPS) is 10.6. The quantitative estimate of drug-likeness (QED) is 0.720. The molecule has 1 aromatic heterocycles. The predicted octanol–water partition coefficient (Wildman–Crippen LogP) is 2.32. The highest BCUT2D eigenvalue weighted by Crippen LogP contribution is 2.12. The number of hydrogen-bond acceptors (Lipinski definition) is 3. The first-order valence-electron chi connectivity index (χ1n) is 5.85. The van der Waals surface area contributed by atoms with Crippen molar-refractivity contribution in [3.63, 3.8) is 0 Å². The van der Waals surface area contributed by atoms with Gasteiger partial charge in [0, 0.05) is 17.2 Å². The van der Waals surface area contributed by atoms with Crippen LogP contribution in [0.4, 0.5) is 0 Å². The molecule has 0 saturated carbocycles. The molecule has 1 aromatic rings. The van der Waals surface area contributed by atoms with E-state index in [1.54, 1.807) is 0 Å². The Kier molecular flexibility index (Phi) is 7.38. The van der Waals surface area contributed by atoms with Gasteiger partial charge in [-0.1, -0.05) is 6.92 Å². The summed E-state index contributed by atoms with van der Waals surface area (Å²) in [4.78, 5) is 4.30.